The van der Waals surface area contributed by atoms with Crippen LogP contribution in [0.5, 0.6) is 0 Å². The molecule has 6 heteroatoms. The van der Waals surface area contributed by atoms with Crippen LogP contribution in [0.25, 0.3) is 6.08 Å². The van der Waals surface area contributed by atoms with Crippen molar-refractivity contribution in [3.63, 3.8) is 0 Å². The van der Waals surface area contributed by atoms with Crippen LogP contribution in [0, 0.1) is 0 Å². The molecule has 0 heterocycles. The lowest BCUT2D eigenvalue weighted by Gasteiger charge is -2.12. The first-order valence-electron chi connectivity index (χ1n) is 5.26. The summed E-state index contributed by atoms with van der Waals surface area (Å²) in [6.07, 6.45) is 2.94. The van der Waals surface area contributed by atoms with E-state index in [0.717, 1.165) is 5.56 Å². The molecule has 1 unspecified atom stereocenters. The van der Waals surface area contributed by atoms with Gasteiger partial charge < -0.3 is 5.32 Å². The number of thiol groups is 1. The minimum absolute atomic E-state index is 0.0946. The Balaban J connectivity index is 2.56. The average Bonchev–Trinajstić information content (AvgIpc) is 2.42. The normalized spacial score (nSPS) is 12.1. The van der Waals surface area contributed by atoms with Crippen molar-refractivity contribution in [3.8, 4) is 0 Å². The van der Waals surface area contributed by atoms with Gasteiger partial charge in [0.2, 0.25) is 5.91 Å². The second kappa shape index (κ2) is 7.52. The summed E-state index contributed by atoms with van der Waals surface area (Å²) in [5.41, 5.74) is 2.35. The molecule has 0 bridgehead atoms. The van der Waals surface area contributed by atoms with Crippen molar-refractivity contribution in [2.45, 2.75) is 6.04 Å². The van der Waals surface area contributed by atoms with Crippen LogP contribution >= 0.6 is 12.6 Å². The predicted molar refractivity (Wildman–Crippen MR) is 71.2 cm³/mol. The Morgan fingerprint density at radius 1 is 1.33 bits per heavy atom. The van der Waals surface area contributed by atoms with Crippen molar-refractivity contribution in [2.24, 2.45) is 0 Å². The topological polar surface area (TPSA) is 78.4 Å². The number of rotatable bonds is 5. The molecule has 1 atom stereocenters. The van der Waals surface area contributed by atoms with E-state index in [1.54, 1.807) is 6.08 Å². The molecule has 1 aromatic carbocycles. The van der Waals surface area contributed by atoms with E-state index in [2.05, 4.69) is 17.9 Å². The summed E-state index contributed by atoms with van der Waals surface area (Å²) in [4.78, 5) is 22.6. The van der Waals surface area contributed by atoms with Gasteiger partial charge in [0, 0.05) is 11.8 Å². The van der Waals surface area contributed by atoms with Gasteiger partial charge in [-0.25, -0.2) is 5.48 Å². The number of amides is 2. The summed E-state index contributed by atoms with van der Waals surface area (Å²) >= 11 is 3.91. The SMILES string of the molecule is O=C(C=Cc1ccccc1)NC(CS)C(=O)NO. The highest BCUT2D eigenvalue weighted by Gasteiger charge is 2.17. The van der Waals surface area contributed by atoms with Gasteiger partial charge in [0.25, 0.3) is 5.91 Å². The molecule has 0 saturated carbocycles. The van der Waals surface area contributed by atoms with E-state index < -0.39 is 17.9 Å². The number of hydroxylamine groups is 1. The number of carbonyl (C=O) groups is 2. The zero-order valence-corrected chi connectivity index (χ0v) is 10.4. The van der Waals surface area contributed by atoms with Crippen LogP contribution in [0.3, 0.4) is 0 Å². The van der Waals surface area contributed by atoms with Crippen molar-refractivity contribution in [2.75, 3.05) is 5.75 Å². The third-order valence-electron chi connectivity index (χ3n) is 2.15. The quantitative estimate of drug-likeness (QED) is 0.273. The van der Waals surface area contributed by atoms with Gasteiger partial charge in [-0.05, 0) is 11.6 Å². The Hall–Kier alpha value is -1.79. The second-order valence-corrected chi connectivity index (χ2v) is 3.83. The molecule has 5 nitrogen and oxygen atoms in total. The number of carbonyl (C=O) groups excluding carboxylic acids is 2. The first kappa shape index (κ1) is 14.3. The van der Waals surface area contributed by atoms with Crippen LogP contribution < -0.4 is 10.8 Å². The third-order valence-corrected chi connectivity index (χ3v) is 2.52. The summed E-state index contributed by atoms with van der Waals surface area (Å²) in [5, 5.41) is 10.9. The summed E-state index contributed by atoms with van der Waals surface area (Å²) in [6, 6.07) is 8.41. The zero-order chi connectivity index (χ0) is 13.4. The van der Waals surface area contributed by atoms with Crippen LogP contribution in [0.4, 0.5) is 0 Å². The Morgan fingerprint density at radius 3 is 2.56 bits per heavy atom. The standard InChI is InChI=1S/C12H14N2O3S/c15-11(13-10(8-18)12(16)14-17)7-6-9-4-2-1-3-5-9/h1-7,10,17-18H,8H2,(H,13,15)(H,14,16). The molecule has 0 radical (unpaired) electrons. The van der Waals surface area contributed by atoms with Crippen LogP contribution in [0.2, 0.25) is 0 Å². The van der Waals surface area contributed by atoms with Gasteiger partial charge in [-0.2, -0.15) is 12.6 Å². The van der Waals surface area contributed by atoms with Gasteiger partial charge in [0.1, 0.15) is 6.04 Å². The largest absolute Gasteiger partial charge is 0.340 e. The molecule has 0 aliphatic heterocycles. The van der Waals surface area contributed by atoms with Crippen molar-refractivity contribution >= 4 is 30.5 Å². The van der Waals surface area contributed by atoms with Gasteiger partial charge in [0.15, 0.2) is 0 Å². The summed E-state index contributed by atoms with van der Waals surface area (Å²) < 4.78 is 0. The van der Waals surface area contributed by atoms with Gasteiger partial charge in [-0.3, -0.25) is 14.8 Å². The maximum atomic E-state index is 11.5. The molecule has 0 aliphatic rings. The molecule has 0 aliphatic carbocycles. The zero-order valence-electron chi connectivity index (χ0n) is 9.54. The molecule has 0 saturated heterocycles. The fraction of sp³-hybridized carbons (Fsp3) is 0.167. The van der Waals surface area contributed by atoms with Crippen LogP contribution in [-0.2, 0) is 9.59 Å². The van der Waals surface area contributed by atoms with Crippen LogP contribution in [0.15, 0.2) is 36.4 Å². The average molecular weight is 266 g/mol. The summed E-state index contributed by atoms with van der Waals surface area (Å²) in [6.45, 7) is 0. The van der Waals surface area contributed by atoms with E-state index >= 15 is 0 Å². The third kappa shape index (κ3) is 4.60. The molecule has 1 aromatic rings. The Bertz CT molecular complexity index is 434. The lowest BCUT2D eigenvalue weighted by molar-refractivity contribution is -0.133. The molecule has 1 rings (SSSR count). The van der Waals surface area contributed by atoms with E-state index in [0.29, 0.717) is 0 Å². The number of benzene rings is 1. The Labute approximate surface area is 110 Å². The second-order valence-electron chi connectivity index (χ2n) is 3.46. The minimum atomic E-state index is -0.869. The highest BCUT2D eigenvalue weighted by atomic mass is 32.1. The Kier molecular flexibility index (Phi) is 5.96. The minimum Gasteiger partial charge on any atom is -0.340 e. The maximum absolute atomic E-state index is 11.5. The number of hydrogen-bond donors (Lipinski definition) is 4. The fourth-order valence-corrected chi connectivity index (χ4v) is 1.49. The lowest BCUT2D eigenvalue weighted by atomic mass is 10.2. The van der Waals surface area contributed by atoms with Crippen molar-refractivity contribution in [3.05, 3.63) is 42.0 Å². The van der Waals surface area contributed by atoms with Crippen molar-refractivity contribution in [1.82, 2.24) is 10.8 Å². The Morgan fingerprint density at radius 2 is 2.00 bits per heavy atom. The summed E-state index contributed by atoms with van der Waals surface area (Å²) in [5.74, 6) is -1.04. The molecule has 0 fully saturated rings. The van der Waals surface area contributed by atoms with E-state index in [9.17, 15) is 9.59 Å². The molecule has 2 amide bonds. The lowest BCUT2D eigenvalue weighted by Crippen LogP contribution is -2.46. The van der Waals surface area contributed by atoms with Gasteiger partial charge in [-0.1, -0.05) is 30.3 Å². The highest BCUT2D eigenvalue weighted by Crippen LogP contribution is 2.00. The molecule has 0 spiro atoms. The van der Waals surface area contributed by atoms with Gasteiger partial charge in [0.05, 0.1) is 0 Å². The molecule has 18 heavy (non-hydrogen) atoms. The monoisotopic (exact) mass is 266 g/mol. The number of hydrogen-bond acceptors (Lipinski definition) is 4. The maximum Gasteiger partial charge on any atom is 0.266 e. The molecular formula is C12H14N2O3S. The molecular weight excluding hydrogens is 252 g/mol. The van der Waals surface area contributed by atoms with E-state index in [1.165, 1.54) is 11.6 Å². The first-order valence-corrected chi connectivity index (χ1v) is 5.89. The van der Waals surface area contributed by atoms with E-state index in [-0.39, 0.29) is 5.75 Å². The van der Waals surface area contributed by atoms with Crippen LogP contribution in [-0.4, -0.2) is 28.8 Å². The van der Waals surface area contributed by atoms with Crippen molar-refractivity contribution in [1.29, 1.82) is 0 Å². The highest BCUT2D eigenvalue weighted by molar-refractivity contribution is 7.80. The van der Waals surface area contributed by atoms with Crippen LogP contribution in [0.1, 0.15) is 5.56 Å². The van der Waals surface area contributed by atoms with E-state index in [4.69, 9.17) is 5.21 Å². The van der Waals surface area contributed by atoms with E-state index in [1.807, 2.05) is 30.3 Å². The predicted octanol–water partition coefficient (Wildman–Crippen LogP) is 0.620. The number of nitrogens with one attached hydrogen (secondary N) is 2. The van der Waals surface area contributed by atoms with Gasteiger partial charge in [-0.15, -0.1) is 0 Å². The van der Waals surface area contributed by atoms with Crippen molar-refractivity contribution < 1.29 is 14.8 Å². The smallest absolute Gasteiger partial charge is 0.266 e. The first-order chi connectivity index (χ1) is 8.67. The fourth-order valence-electron chi connectivity index (χ4n) is 1.23. The molecule has 96 valence electrons. The molecule has 0 aromatic heterocycles. The summed E-state index contributed by atoms with van der Waals surface area (Å²) in [7, 11) is 0. The van der Waals surface area contributed by atoms with Gasteiger partial charge >= 0.3 is 0 Å². The molecule has 3 N–H and O–H groups in total.